The van der Waals surface area contributed by atoms with Crippen LogP contribution in [0.1, 0.15) is 24.8 Å². The minimum absolute atomic E-state index is 0.102. The first-order chi connectivity index (χ1) is 10.6. The van der Waals surface area contributed by atoms with Crippen LogP contribution in [0.15, 0.2) is 35.6 Å². The molecule has 5 heteroatoms. The Kier molecular flexibility index (Phi) is 4.99. The van der Waals surface area contributed by atoms with Crippen molar-refractivity contribution in [2.24, 2.45) is 0 Å². The molecule has 5 nitrogen and oxygen atoms in total. The molecule has 2 rings (SSSR count). The first kappa shape index (κ1) is 15.8. The second-order valence-electron chi connectivity index (χ2n) is 4.90. The molecule has 0 saturated heterocycles. The largest absolute Gasteiger partial charge is 0.507 e. The summed E-state index contributed by atoms with van der Waals surface area (Å²) in [7, 11) is 3.08. The van der Waals surface area contributed by atoms with Crippen molar-refractivity contribution < 1.29 is 24.2 Å². The average Bonchev–Trinajstić information content (AvgIpc) is 2.52. The van der Waals surface area contributed by atoms with Gasteiger partial charge in [0.25, 0.3) is 0 Å². The van der Waals surface area contributed by atoms with Gasteiger partial charge in [-0.2, -0.15) is 0 Å². The molecule has 22 heavy (non-hydrogen) atoms. The SMILES string of the molecule is COc1ccc(C=CC(O)=C2C(=O)CCCC2=O)c(OC)c1. The van der Waals surface area contributed by atoms with E-state index >= 15 is 0 Å². The molecule has 1 aliphatic rings. The van der Waals surface area contributed by atoms with Gasteiger partial charge in [0.2, 0.25) is 0 Å². The summed E-state index contributed by atoms with van der Waals surface area (Å²) in [6.07, 6.45) is 4.08. The summed E-state index contributed by atoms with van der Waals surface area (Å²) in [4.78, 5) is 23.5. The monoisotopic (exact) mass is 302 g/mol. The first-order valence-corrected chi connectivity index (χ1v) is 6.96. The van der Waals surface area contributed by atoms with Crippen molar-refractivity contribution in [2.75, 3.05) is 14.2 Å². The topological polar surface area (TPSA) is 72.8 Å². The summed E-state index contributed by atoms with van der Waals surface area (Å²) in [5.41, 5.74) is 0.598. The maximum absolute atomic E-state index is 11.8. The second-order valence-corrected chi connectivity index (χ2v) is 4.90. The van der Waals surface area contributed by atoms with E-state index in [2.05, 4.69) is 0 Å². The Balaban J connectivity index is 2.31. The number of methoxy groups -OCH3 is 2. The number of Topliss-reactive ketones (excluding diaryl/α,β-unsaturated/α-hetero) is 2. The maximum atomic E-state index is 11.8. The Morgan fingerprint density at radius 2 is 1.82 bits per heavy atom. The third-order valence-corrected chi connectivity index (χ3v) is 3.48. The van der Waals surface area contributed by atoms with Crippen LogP contribution in [-0.2, 0) is 9.59 Å². The molecular weight excluding hydrogens is 284 g/mol. The summed E-state index contributed by atoms with van der Waals surface area (Å²) < 4.78 is 10.4. The molecule has 1 aliphatic carbocycles. The minimum Gasteiger partial charge on any atom is -0.507 e. The molecule has 0 unspecified atom stereocenters. The lowest BCUT2D eigenvalue weighted by Crippen LogP contribution is -2.20. The molecular formula is C17H18O5. The highest BCUT2D eigenvalue weighted by molar-refractivity contribution is 6.22. The molecule has 116 valence electrons. The van der Waals surface area contributed by atoms with Crippen LogP contribution in [0.2, 0.25) is 0 Å². The molecule has 1 aromatic rings. The van der Waals surface area contributed by atoms with E-state index in [-0.39, 0.29) is 22.9 Å². The van der Waals surface area contributed by atoms with E-state index in [1.54, 1.807) is 31.4 Å². The van der Waals surface area contributed by atoms with E-state index in [9.17, 15) is 14.7 Å². The molecule has 0 radical (unpaired) electrons. The Hall–Kier alpha value is -2.56. The number of allylic oxidation sites excluding steroid dienone is 2. The van der Waals surface area contributed by atoms with Crippen LogP contribution in [0.4, 0.5) is 0 Å². The Labute approximate surface area is 128 Å². The zero-order valence-electron chi connectivity index (χ0n) is 12.6. The van der Waals surface area contributed by atoms with Gasteiger partial charge in [0.1, 0.15) is 22.8 Å². The standard InChI is InChI=1S/C17H18O5/c1-21-12-8-6-11(16(10-12)22-2)7-9-15(20)17-13(18)4-3-5-14(17)19/h6-10,20H,3-5H2,1-2H3. The van der Waals surface area contributed by atoms with Crippen molar-refractivity contribution >= 4 is 17.6 Å². The van der Waals surface area contributed by atoms with Crippen LogP contribution in [0.5, 0.6) is 11.5 Å². The number of rotatable bonds is 4. The smallest absolute Gasteiger partial charge is 0.170 e. The Morgan fingerprint density at radius 3 is 2.41 bits per heavy atom. The summed E-state index contributed by atoms with van der Waals surface area (Å²) >= 11 is 0. The van der Waals surface area contributed by atoms with Gasteiger partial charge in [0.15, 0.2) is 11.6 Å². The zero-order valence-corrected chi connectivity index (χ0v) is 12.6. The number of hydrogen-bond donors (Lipinski definition) is 1. The number of ether oxygens (including phenoxy) is 2. The van der Waals surface area contributed by atoms with Crippen LogP contribution >= 0.6 is 0 Å². The van der Waals surface area contributed by atoms with Crippen molar-refractivity contribution in [2.45, 2.75) is 19.3 Å². The molecule has 1 N–H and O–H groups in total. The highest BCUT2D eigenvalue weighted by Gasteiger charge is 2.26. The molecule has 0 spiro atoms. The van der Waals surface area contributed by atoms with Crippen LogP contribution in [0, 0.1) is 0 Å². The summed E-state index contributed by atoms with van der Waals surface area (Å²) in [5.74, 6) is 0.302. The van der Waals surface area contributed by atoms with E-state index in [0.717, 1.165) is 0 Å². The summed E-state index contributed by atoms with van der Waals surface area (Å²) in [5, 5.41) is 10.0. The van der Waals surface area contributed by atoms with Crippen molar-refractivity contribution in [3.63, 3.8) is 0 Å². The van der Waals surface area contributed by atoms with Crippen LogP contribution in [-0.4, -0.2) is 30.9 Å². The van der Waals surface area contributed by atoms with Gasteiger partial charge in [-0.25, -0.2) is 0 Å². The van der Waals surface area contributed by atoms with Crippen LogP contribution < -0.4 is 9.47 Å². The fraction of sp³-hybridized carbons (Fsp3) is 0.294. The van der Waals surface area contributed by atoms with Gasteiger partial charge >= 0.3 is 0 Å². The molecule has 1 aromatic carbocycles. The highest BCUT2D eigenvalue weighted by Crippen LogP contribution is 2.26. The predicted octanol–water partition coefficient (Wildman–Crippen LogP) is 2.85. The fourth-order valence-electron chi connectivity index (χ4n) is 2.31. The maximum Gasteiger partial charge on any atom is 0.170 e. The van der Waals surface area contributed by atoms with Crippen molar-refractivity contribution in [1.82, 2.24) is 0 Å². The van der Waals surface area contributed by atoms with Gasteiger partial charge < -0.3 is 14.6 Å². The molecule has 0 aliphatic heterocycles. The van der Waals surface area contributed by atoms with E-state index in [4.69, 9.17) is 9.47 Å². The number of aliphatic hydroxyl groups is 1. The van der Waals surface area contributed by atoms with Gasteiger partial charge in [-0.3, -0.25) is 9.59 Å². The number of hydrogen-bond acceptors (Lipinski definition) is 5. The van der Waals surface area contributed by atoms with Gasteiger partial charge in [0.05, 0.1) is 14.2 Å². The average molecular weight is 302 g/mol. The van der Waals surface area contributed by atoms with Crippen molar-refractivity contribution in [1.29, 1.82) is 0 Å². The normalized spacial score (nSPS) is 15.3. The molecule has 1 saturated carbocycles. The second kappa shape index (κ2) is 6.93. The highest BCUT2D eigenvalue weighted by atomic mass is 16.5. The van der Waals surface area contributed by atoms with E-state index in [0.29, 0.717) is 36.3 Å². The molecule has 0 amide bonds. The minimum atomic E-state index is -0.305. The number of aliphatic hydroxyl groups excluding tert-OH is 1. The molecule has 0 bridgehead atoms. The Bertz CT molecular complexity index is 637. The number of benzene rings is 1. The number of ketones is 2. The van der Waals surface area contributed by atoms with Crippen LogP contribution in [0.3, 0.4) is 0 Å². The number of carbonyl (C=O) groups excluding carboxylic acids is 2. The van der Waals surface area contributed by atoms with E-state index < -0.39 is 0 Å². The lowest BCUT2D eigenvalue weighted by atomic mass is 9.91. The van der Waals surface area contributed by atoms with Crippen molar-refractivity contribution in [3.8, 4) is 11.5 Å². The first-order valence-electron chi connectivity index (χ1n) is 6.96. The third kappa shape index (κ3) is 3.36. The summed E-state index contributed by atoms with van der Waals surface area (Å²) in [6, 6.07) is 5.22. The molecule has 0 aromatic heterocycles. The molecule has 0 atom stereocenters. The van der Waals surface area contributed by atoms with E-state index in [1.807, 2.05) is 0 Å². The lowest BCUT2D eigenvalue weighted by Gasteiger charge is -2.12. The van der Waals surface area contributed by atoms with Gasteiger partial charge in [0, 0.05) is 24.5 Å². The van der Waals surface area contributed by atoms with E-state index in [1.165, 1.54) is 13.2 Å². The van der Waals surface area contributed by atoms with Crippen LogP contribution in [0.25, 0.3) is 6.08 Å². The summed E-state index contributed by atoms with van der Waals surface area (Å²) in [6.45, 7) is 0. The third-order valence-electron chi connectivity index (χ3n) is 3.48. The van der Waals surface area contributed by atoms with Gasteiger partial charge in [-0.1, -0.05) is 0 Å². The number of carbonyl (C=O) groups is 2. The fourth-order valence-corrected chi connectivity index (χ4v) is 2.31. The molecule has 0 heterocycles. The zero-order chi connectivity index (χ0) is 16.1. The quantitative estimate of drug-likeness (QED) is 0.526. The van der Waals surface area contributed by atoms with Gasteiger partial charge in [-0.15, -0.1) is 0 Å². The van der Waals surface area contributed by atoms with Crippen molar-refractivity contribution in [3.05, 3.63) is 41.2 Å². The lowest BCUT2D eigenvalue weighted by molar-refractivity contribution is -0.124. The van der Waals surface area contributed by atoms with Gasteiger partial charge in [-0.05, 0) is 30.7 Å². The predicted molar refractivity (Wildman–Crippen MR) is 82.1 cm³/mol. The molecule has 1 fully saturated rings. The Morgan fingerprint density at radius 1 is 1.14 bits per heavy atom.